The number of hydrogen-bond acceptors (Lipinski definition) is 4. The first-order valence-corrected chi connectivity index (χ1v) is 7.18. The molecule has 0 spiro atoms. The third kappa shape index (κ3) is 2.40. The molecule has 0 unspecified atom stereocenters. The van der Waals surface area contributed by atoms with Crippen molar-refractivity contribution in [2.24, 2.45) is 0 Å². The first-order chi connectivity index (χ1) is 9.25. The summed E-state index contributed by atoms with van der Waals surface area (Å²) in [5.74, 6) is 1.45. The molecule has 6 heteroatoms. The number of fused-ring (bicyclic) bond motifs is 1. The Kier molecular flexibility index (Phi) is 3.33. The predicted octanol–water partition coefficient (Wildman–Crippen LogP) is 1.58. The van der Waals surface area contributed by atoms with Crippen molar-refractivity contribution < 1.29 is 14.3 Å². The Morgan fingerprint density at radius 2 is 2.16 bits per heavy atom. The van der Waals surface area contributed by atoms with Gasteiger partial charge in [-0.3, -0.25) is 9.59 Å². The molecule has 2 heterocycles. The van der Waals surface area contributed by atoms with E-state index in [1.165, 1.54) is 11.8 Å². The fraction of sp³-hybridized carbons (Fsp3) is 0.385. The standard InChI is InChI=1S/C13H14N2O3S/c16-12(9-14-6-8-19-13(14)17)15-5-7-18-11-4-2-1-3-10(11)15/h1-4H,5-9H2. The number of anilines is 1. The third-order valence-corrected chi connectivity index (χ3v) is 4.09. The van der Waals surface area contributed by atoms with Gasteiger partial charge in [-0.1, -0.05) is 23.9 Å². The van der Waals surface area contributed by atoms with Gasteiger partial charge in [-0.2, -0.15) is 0 Å². The van der Waals surface area contributed by atoms with Crippen molar-refractivity contribution in [3.8, 4) is 5.75 Å². The van der Waals surface area contributed by atoms with Gasteiger partial charge in [0.15, 0.2) is 0 Å². The molecule has 0 aliphatic carbocycles. The molecule has 3 rings (SSSR count). The van der Waals surface area contributed by atoms with Crippen LogP contribution in [0.1, 0.15) is 0 Å². The molecule has 100 valence electrons. The van der Waals surface area contributed by atoms with Crippen LogP contribution < -0.4 is 9.64 Å². The van der Waals surface area contributed by atoms with Gasteiger partial charge in [0.1, 0.15) is 18.9 Å². The lowest BCUT2D eigenvalue weighted by atomic mass is 10.2. The largest absolute Gasteiger partial charge is 0.490 e. The molecular formula is C13H14N2O3S. The summed E-state index contributed by atoms with van der Waals surface area (Å²) in [5.41, 5.74) is 0.790. The highest BCUT2D eigenvalue weighted by Crippen LogP contribution is 2.31. The van der Waals surface area contributed by atoms with Gasteiger partial charge in [-0.25, -0.2) is 0 Å². The van der Waals surface area contributed by atoms with Gasteiger partial charge in [0.05, 0.1) is 12.2 Å². The van der Waals surface area contributed by atoms with Gasteiger partial charge in [0.25, 0.3) is 5.24 Å². The monoisotopic (exact) mass is 278 g/mol. The molecule has 1 saturated heterocycles. The van der Waals surface area contributed by atoms with Crippen molar-refractivity contribution in [3.63, 3.8) is 0 Å². The number of amides is 2. The Morgan fingerprint density at radius 1 is 1.32 bits per heavy atom. The van der Waals surface area contributed by atoms with E-state index >= 15 is 0 Å². The Labute approximate surface area is 115 Å². The summed E-state index contributed by atoms with van der Waals surface area (Å²) >= 11 is 1.27. The summed E-state index contributed by atoms with van der Waals surface area (Å²) in [5, 5.41) is -0.00473. The van der Waals surface area contributed by atoms with Gasteiger partial charge in [0, 0.05) is 12.3 Å². The maximum Gasteiger partial charge on any atom is 0.282 e. The predicted molar refractivity (Wildman–Crippen MR) is 73.7 cm³/mol. The average Bonchev–Trinajstić information content (AvgIpc) is 2.83. The molecule has 1 fully saturated rings. The Bertz CT molecular complexity index is 520. The lowest BCUT2D eigenvalue weighted by Gasteiger charge is -2.30. The molecule has 2 amide bonds. The molecule has 0 radical (unpaired) electrons. The van der Waals surface area contributed by atoms with Gasteiger partial charge in [0.2, 0.25) is 5.91 Å². The molecule has 2 aliphatic heterocycles. The summed E-state index contributed by atoms with van der Waals surface area (Å²) in [4.78, 5) is 27.2. The summed E-state index contributed by atoms with van der Waals surface area (Å²) < 4.78 is 5.52. The van der Waals surface area contributed by atoms with Crippen molar-refractivity contribution in [1.29, 1.82) is 0 Å². The zero-order valence-corrected chi connectivity index (χ0v) is 11.2. The minimum Gasteiger partial charge on any atom is -0.490 e. The van der Waals surface area contributed by atoms with E-state index in [2.05, 4.69) is 0 Å². The van der Waals surface area contributed by atoms with Crippen LogP contribution in [-0.2, 0) is 4.79 Å². The van der Waals surface area contributed by atoms with Crippen LogP contribution in [-0.4, -0.2) is 48.0 Å². The molecular weight excluding hydrogens is 264 g/mol. The van der Waals surface area contributed by atoms with Crippen molar-refractivity contribution >= 4 is 28.6 Å². The van der Waals surface area contributed by atoms with E-state index in [-0.39, 0.29) is 17.7 Å². The molecule has 0 aromatic heterocycles. The number of carbonyl (C=O) groups is 2. The maximum atomic E-state index is 12.3. The topological polar surface area (TPSA) is 49.9 Å². The number of rotatable bonds is 2. The second kappa shape index (κ2) is 5.13. The van der Waals surface area contributed by atoms with Crippen LogP contribution >= 0.6 is 11.8 Å². The van der Waals surface area contributed by atoms with Crippen molar-refractivity contribution in [1.82, 2.24) is 4.90 Å². The quantitative estimate of drug-likeness (QED) is 0.824. The fourth-order valence-corrected chi connectivity index (χ4v) is 3.07. The normalized spacial score (nSPS) is 18.2. The van der Waals surface area contributed by atoms with E-state index in [1.807, 2.05) is 24.3 Å². The van der Waals surface area contributed by atoms with Crippen LogP contribution in [0.2, 0.25) is 0 Å². The molecule has 1 aromatic carbocycles. The lowest BCUT2D eigenvalue weighted by molar-refractivity contribution is -0.119. The van der Waals surface area contributed by atoms with E-state index in [1.54, 1.807) is 9.80 Å². The van der Waals surface area contributed by atoms with Crippen LogP contribution in [0, 0.1) is 0 Å². The smallest absolute Gasteiger partial charge is 0.282 e. The van der Waals surface area contributed by atoms with Crippen LogP contribution in [0.4, 0.5) is 10.5 Å². The molecule has 0 atom stereocenters. The Hall–Kier alpha value is -1.69. The molecule has 0 N–H and O–H groups in total. The van der Waals surface area contributed by atoms with Crippen molar-refractivity contribution in [3.05, 3.63) is 24.3 Å². The van der Waals surface area contributed by atoms with Crippen molar-refractivity contribution in [2.75, 3.05) is 36.9 Å². The number of hydrogen-bond donors (Lipinski definition) is 0. The molecule has 2 aliphatic rings. The highest BCUT2D eigenvalue weighted by Gasteiger charge is 2.28. The highest BCUT2D eigenvalue weighted by molar-refractivity contribution is 8.13. The summed E-state index contributed by atoms with van der Waals surface area (Å²) in [6, 6.07) is 7.48. The summed E-state index contributed by atoms with van der Waals surface area (Å²) in [6.07, 6.45) is 0. The first-order valence-electron chi connectivity index (χ1n) is 6.19. The van der Waals surface area contributed by atoms with Gasteiger partial charge in [-0.05, 0) is 12.1 Å². The van der Waals surface area contributed by atoms with Gasteiger partial charge in [-0.15, -0.1) is 0 Å². The second-order valence-corrected chi connectivity index (χ2v) is 5.44. The van der Waals surface area contributed by atoms with Crippen LogP contribution in [0.5, 0.6) is 5.75 Å². The molecule has 1 aromatic rings. The van der Waals surface area contributed by atoms with Crippen LogP contribution in [0.25, 0.3) is 0 Å². The number of ether oxygens (including phenoxy) is 1. The van der Waals surface area contributed by atoms with Gasteiger partial charge >= 0.3 is 0 Å². The maximum absolute atomic E-state index is 12.3. The van der Waals surface area contributed by atoms with E-state index in [4.69, 9.17) is 4.74 Å². The first kappa shape index (κ1) is 12.3. The highest BCUT2D eigenvalue weighted by atomic mass is 32.2. The molecule has 5 nitrogen and oxygen atoms in total. The van der Waals surface area contributed by atoms with E-state index in [9.17, 15) is 9.59 Å². The summed E-state index contributed by atoms with van der Waals surface area (Å²) in [6.45, 7) is 1.83. The molecule has 19 heavy (non-hydrogen) atoms. The minimum absolute atomic E-state index is 0.00473. The SMILES string of the molecule is O=C1SCCN1CC(=O)N1CCOc2ccccc21. The number of benzene rings is 1. The number of para-hydroxylation sites is 2. The average molecular weight is 278 g/mol. The van der Waals surface area contributed by atoms with Gasteiger partial charge < -0.3 is 14.5 Å². The molecule has 0 bridgehead atoms. The Balaban J connectivity index is 1.76. The van der Waals surface area contributed by atoms with Crippen molar-refractivity contribution in [2.45, 2.75) is 0 Å². The minimum atomic E-state index is -0.0494. The van der Waals surface area contributed by atoms with E-state index in [0.717, 1.165) is 17.2 Å². The third-order valence-electron chi connectivity index (χ3n) is 3.20. The van der Waals surface area contributed by atoms with E-state index < -0.39 is 0 Å². The van der Waals surface area contributed by atoms with Crippen LogP contribution in [0.15, 0.2) is 24.3 Å². The zero-order chi connectivity index (χ0) is 13.2. The zero-order valence-electron chi connectivity index (χ0n) is 10.4. The number of thioether (sulfide) groups is 1. The molecule has 0 saturated carbocycles. The number of carbonyl (C=O) groups excluding carboxylic acids is 2. The summed E-state index contributed by atoms with van der Waals surface area (Å²) in [7, 11) is 0. The Morgan fingerprint density at radius 3 is 2.95 bits per heavy atom. The fourth-order valence-electron chi connectivity index (χ4n) is 2.25. The van der Waals surface area contributed by atoms with Crippen LogP contribution in [0.3, 0.4) is 0 Å². The number of nitrogens with zero attached hydrogens (tertiary/aromatic N) is 2. The second-order valence-electron chi connectivity index (χ2n) is 4.40. The van der Waals surface area contributed by atoms with E-state index in [0.29, 0.717) is 19.7 Å². The lowest BCUT2D eigenvalue weighted by Crippen LogP contribution is -2.44.